The Kier molecular flexibility index (Phi) is 7.02. The highest BCUT2D eigenvalue weighted by atomic mass is 127. The highest BCUT2D eigenvalue weighted by Gasteiger charge is 2.22. The van der Waals surface area contributed by atoms with Crippen LogP contribution in [0.4, 0.5) is 0 Å². The standard InChI is InChI=1S/C6H13Cl2ISi/c1-2-3-4-5-6-10(7,8)9/h2-6H2,1H3. The van der Waals surface area contributed by atoms with Crippen molar-refractivity contribution >= 4 is 48.1 Å². The Balaban J connectivity index is 3.04. The summed E-state index contributed by atoms with van der Waals surface area (Å²) in [5.74, 6) is 0. The third-order valence-electron chi connectivity index (χ3n) is 1.31. The van der Waals surface area contributed by atoms with Crippen LogP contribution in [0.5, 0.6) is 0 Å². The van der Waals surface area contributed by atoms with Gasteiger partial charge in [0.15, 0.2) is 0 Å². The van der Waals surface area contributed by atoms with Crippen LogP contribution < -0.4 is 0 Å². The van der Waals surface area contributed by atoms with Crippen molar-refractivity contribution in [2.45, 2.75) is 38.7 Å². The second-order valence-corrected chi connectivity index (χ2v) is 18.0. The zero-order chi connectivity index (χ0) is 8.04. The van der Waals surface area contributed by atoms with Gasteiger partial charge in [-0.3, -0.25) is 0 Å². The first-order valence-electron chi connectivity index (χ1n) is 3.63. The molecule has 0 atom stereocenters. The van der Waals surface area contributed by atoms with Gasteiger partial charge in [-0.2, -0.15) is 0 Å². The van der Waals surface area contributed by atoms with E-state index in [0.29, 0.717) is 0 Å². The Morgan fingerprint density at radius 2 is 1.80 bits per heavy atom. The third-order valence-corrected chi connectivity index (χ3v) is 4.99. The first kappa shape index (κ1) is 11.5. The van der Waals surface area contributed by atoms with Crippen LogP contribution in [0.25, 0.3) is 0 Å². The summed E-state index contributed by atoms with van der Waals surface area (Å²) in [5.41, 5.74) is 0. The maximum absolute atomic E-state index is 5.90. The van der Waals surface area contributed by atoms with Crippen molar-refractivity contribution in [3.05, 3.63) is 0 Å². The molecule has 0 rings (SSSR count). The molecule has 0 N–H and O–H groups in total. The van der Waals surface area contributed by atoms with Gasteiger partial charge in [-0.25, -0.2) is 0 Å². The predicted octanol–water partition coefficient (Wildman–Crippen LogP) is 4.42. The van der Waals surface area contributed by atoms with Crippen LogP contribution in [0.15, 0.2) is 0 Å². The van der Waals surface area contributed by atoms with E-state index in [1.807, 2.05) is 0 Å². The summed E-state index contributed by atoms with van der Waals surface area (Å²) < 4.78 is -1.79. The van der Waals surface area contributed by atoms with Crippen molar-refractivity contribution < 1.29 is 0 Å². The minimum Gasteiger partial charge on any atom is -0.132 e. The normalized spacial score (nSPS) is 12.0. The number of halogens is 3. The molecule has 0 spiro atoms. The molecule has 0 nitrogen and oxygen atoms in total. The maximum atomic E-state index is 5.90. The van der Waals surface area contributed by atoms with E-state index in [1.165, 1.54) is 25.7 Å². The van der Waals surface area contributed by atoms with Gasteiger partial charge in [0.05, 0.1) is 0 Å². The van der Waals surface area contributed by atoms with E-state index < -0.39 is 4.19 Å². The van der Waals surface area contributed by atoms with E-state index in [-0.39, 0.29) is 0 Å². The summed E-state index contributed by atoms with van der Waals surface area (Å²) in [5, 5.41) is 0. The second-order valence-electron chi connectivity index (χ2n) is 2.43. The van der Waals surface area contributed by atoms with Crippen molar-refractivity contribution in [3.8, 4) is 0 Å². The van der Waals surface area contributed by atoms with E-state index >= 15 is 0 Å². The molecular weight excluding hydrogens is 298 g/mol. The zero-order valence-electron chi connectivity index (χ0n) is 6.17. The van der Waals surface area contributed by atoms with Crippen LogP contribution in [0.3, 0.4) is 0 Å². The Bertz CT molecular complexity index is 82.3. The number of unbranched alkanes of at least 4 members (excludes halogenated alkanes) is 3. The second kappa shape index (κ2) is 6.09. The van der Waals surface area contributed by atoms with Crippen molar-refractivity contribution in [1.29, 1.82) is 0 Å². The van der Waals surface area contributed by atoms with E-state index in [4.69, 9.17) is 22.2 Å². The molecule has 10 heavy (non-hydrogen) atoms. The molecule has 4 heteroatoms. The number of hydrogen-bond acceptors (Lipinski definition) is 0. The van der Waals surface area contributed by atoms with Gasteiger partial charge >= 0.3 is 4.19 Å². The molecule has 0 bridgehead atoms. The van der Waals surface area contributed by atoms with Gasteiger partial charge in [0, 0.05) is 0 Å². The van der Waals surface area contributed by atoms with Crippen LogP contribution in [0.2, 0.25) is 6.04 Å². The molecule has 0 fully saturated rings. The highest BCUT2D eigenvalue weighted by Crippen LogP contribution is 2.30. The fourth-order valence-corrected chi connectivity index (χ4v) is 3.35. The zero-order valence-corrected chi connectivity index (χ0v) is 10.8. The molecule has 0 aromatic carbocycles. The Morgan fingerprint density at radius 3 is 2.20 bits per heavy atom. The average Bonchev–Trinajstić information content (AvgIpc) is 1.78. The molecule has 0 amide bonds. The van der Waals surface area contributed by atoms with Gasteiger partial charge in [-0.15, -0.1) is 22.2 Å². The quantitative estimate of drug-likeness (QED) is 0.305. The van der Waals surface area contributed by atoms with E-state index in [1.54, 1.807) is 0 Å². The lowest BCUT2D eigenvalue weighted by Gasteiger charge is -2.06. The van der Waals surface area contributed by atoms with Gasteiger partial charge < -0.3 is 0 Å². The molecule has 0 radical (unpaired) electrons. The minimum absolute atomic E-state index is 1.04. The topological polar surface area (TPSA) is 0 Å². The predicted molar refractivity (Wildman–Crippen MR) is 60.4 cm³/mol. The molecule has 0 saturated carbocycles. The van der Waals surface area contributed by atoms with E-state index in [9.17, 15) is 0 Å². The molecule has 0 aromatic heterocycles. The summed E-state index contributed by atoms with van der Waals surface area (Å²) in [6, 6.07) is 1.04. The van der Waals surface area contributed by atoms with Gasteiger partial charge in [0.25, 0.3) is 0 Å². The maximum Gasteiger partial charge on any atom is 0.312 e. The Morgan fingerprint density at radius 1 is 1.20 bits per heavy atom. The number of rotatable bonds is 5. The Hall–Kier alpha value is 1.53. The molecule has 0 aliphatic carbocycles. The first-order valence-corrected chi connectivity index (χ1v) is 11.0. The first-order chi connectivity index (χ1) is 4.56. The summed E-state index contributed by atoms with van der Waals surface area (Å²) in [6.45, 7) is 2.20. The summed E-state index contributed by atoms with van der Waals surface area (Å²) in [4.78, 5) is 0. The summed E-state index contributed by atoms with van der Waals surface area (Å²) >= 11 is 14.0. The highest BCUT2D eigenvalue weighted by molar-refractivity contribution is 14.1. The smallest absolute Gasteiger partial charge is 0.132 e. The average molecular weight is 311 g/mol. The van der Waals surface area contributed by atoms with Gasteiger partial charge in [0.2, 0.25) is 0 Å². The van der Waals surface area contributed by atoms with Crippen LogP contribution in [0.1, 0.15) is 32.6 Å². The monoisotopic (exact) mass is 310 g/mol. The lowest BCUT2D eigenvalue weighted by molar-refractivity contribution is 0.700. The van der Waals surface area contributed by atoms with Gasteiger partial charge in [-0.05, 0) is 6.04 Å². The Labute approximate surface area is 86.3 Å². The van der Waals surface area contributed by atoms with Crippen LogP contribution in [-0.2, 0) is 0 Å². The fraction of sp³-hybridized carbons (Fsp3) is 1.00. The lowest BCUT2D eigenvalue weighted by atomic mass is 10.2. The molecule has 0 heterocycles. The summed E-state index contributed by atoms with van der Waals surface area (Å²) in [6.07, 6.45) is 5.08. The van der Waals surface area contributed by atoms with Crippen molar-refractivity contribution in [1.82, 2.24) is 0 Å². The molecule has 0 aliphatic heterocycles. The largest absolute Gasteiger partial charge is 0.312 e. The van der Waals surface area contributed by atoms with Gasteiger partial charge in [0.1, 0.15) is 0 Å². The molecule has 0 aromatic rings. The third kappa shape index (κ3) is 9.53. The van der Waals surface area contributed by atoms with Crippen molar-refractivity contribution in [2.75, 3.05) is 0 Å². The van der Waals surface area contributed by atoms with E-state index in [2.05, 4.69) is 28.7 Å². The van der Waals surface area contributed by atoms with Crippen molar-refractivity contribution in [3.63, 3.8) is 0 Å². The molecule has 0 unspecified atom stereocenters. The molecule has 0 aliphatic rings. The van der Waals surface area contributed by atoms with Crippen molar-refractivity contribution in [2.24, 2.45) is 0 Å². The summed E-state index contributed by atoms with van der Waals surface area (Å²) in [7, 11) is 0. The molecule has 0 saturated heterocycles. The number of hydrogen-bond donors (Lipinski definition) is 0. The minimum atomic E-state index is -1.79. The lowest BCUT2D eigenvalue weighted by Crippen LogP contribution is -2.06. The van der Waals surface area contributed by atoms with E-state index in [0.717, 1.165) is 6.04 Å². The SMILES string of the molecule is CCCCCC[Si](Cl)(Cl)I. The van der Waals surface area contributed by atoms with Crippen LogP contribution >= 0.6 is 44.0 Å². The molecule has 62 valence electrons. The van der Waals surface area contributed by atoms with Crippen LogP contribution in [0, 0.1) is 0 Å². The fourth-order valence-electron chi connectivity index (χ4n) is 0.752. The van der Waals surface area contributed by atoms with Crippen LogP contribution in [-0.4, -0.2) is 4.19 Å². The molecular formula is C6H13Cl2ISi. The van der Waals surface area contributed by atoms with Gasteiger partial charge in [-0.1, -0.05) is 54.4 Å².